The molecule has 0 unspecified atom stereocenters. The highest BCUT2D eigenvalue weighted by Gasteiger charge is 2.21. The monoisotopic (exact) mass is 287 g/mol. The number of carbonyl (C=O) groups excluding carboxylic acids is 1. The molecule has 2 rings (SSSR count). The lowest BCUT2D eigenvalue weighted by molar-refractivity contribution is 0.0979. The summed E-state index contributed by atoms with van der Waals surface area (Å²) in [5.41, 5.74) is 0.117. The highest BCUT2D eigenvalue weighted by Crippen LogP contribution is 2.40. The van der Waals surface area contributed by atoms with Gasteiger partial charge < -0.3 is 14.2 Å². The van der Waals surface area contributed by atoms with Crippen molar-refractivity contribution in [1.82, 2.24) is 4.72 Å². The molecule has 8 heteroatoms. The molecule has 7 nitrogen and oxygen atoms in total. The predicted octanol–water partition coefficient (Wildman–Crippen LogP) is 0.156. The van der Waals surface area contributed by atoms with Gasteiger partial charge in [0.2, 0.25) is 15.8 Å². The Hall–Kier alpha value is -1.96. The fourth-order valence-corrected chi connectivity index (χ4v) is 2.09. The van der Waals surface area contributed by atoms with Crippen LogP contribution in [0.3, 0.4) is 0 Å². The maximum Gasteiger partial charge on any atom is 0.264 e. The van der Waals surface area contributed by atoms with E-state index in [9.17, 15) is 13.2 Å². The van der Waals surface area contributed by atoms with Gasteiger partial charge in [-0.2, -0.15) is 0 Å². The Bertz CT molecular complexity index is 593. The Labute approximate surface area is 110 Å². The third-order valence-electron chi connectivity index (χ3n) is 2.37. The number of carbonyl (C=O) groups is 1. The minimum absolute atomic E-state index is 0.117. The Morgan fingerprint density at radius 3 is 2.63 bits per heavy atom. The van der Waals surface area contributed by atoms with Crippen LogP contribution in [0.1, 0.15) is 10.4 Å². The molecule has 19 heavy (non-hydrogen) atoms. The first-order valence-corrected chi connectivity index (χ1v) is 7.29. The fourth-order valence-electron chi connectivity index (χ4n) is 1.63. The van der Waals surface area contributed by atoms with Crippen LogP contribution >= 0.6 is 0 Å². The molecule has 1 heterocycles. The topological polar surface area (TPSA) is 90.9 Å². The number of methoxy groups -OCH3 is 1. The average Bonchev–Trinajstić information content (AvgIpc) is 2.35. The van der Waals surface area contributed by atoms with E-state index >= 15 is 0 Å². The van der Waals surface area contributed by atoms with Gasteiger partial charge in [0.1, 0.15) is 13.2 Å². The lowest BCUT2D eigenvalue weighted by Crippen LogP contribution is -2.29. The van der Waals surface area contributed by atoms with Crippen LogP contribution in [0.15, 0.2) is 12.1 Å². The predicted molar refractivity (Wildman–Crippen MR) is 66.3 cm³/mol. The van der Waals surface area contributed by atoms with Crippen LogP contribution in [0.4, 0.5) is 0 Å². The van der Waals surface area contributed by atoms with E-state index in [1.807, 2.05) is 4.72 Å². The molecular formula is C11H13NO6S. The lowest BCUT2D eigenvalue weighted by Gasteiger charge is -2.21. The number of benzene rings is 1. The Kier molecular flexibility index (Phi) is 3.52. The molecule has 104 valence electrons. The minimum Gasteiger partial charge on any atom is -0.493 e. The van der Waals surface area contributed by atoms with E-state index in [-0.39, 0.29) is 5.56 Å². The van der Waals surface area contributed by atoms with Gasteiger partial charge in [0.25, 0.3) is 5.91 Å². The van der Waals surface area contributed by atoms with Gasteiger partial charge in [0.15, 0.2) is 11.5 Å². The maximum atomic E-state index is 11.8. The van der Waals surface area contributed by atoms with E-state index in [0.717, 1.165) is 6.26 Å². The molecule has 0 radical (unpaired) electrons. The summed E-state index contributed by atoms with van der Waals surface area (Å²) >= 11 is 0. The van der Waals surface area contributed by atoms with Gasteiger partial charge in [0.05, 0.1) is 13.4 Å². The Balaban J connectivity index is 2.39. The molecule has 0 aliphatic carbocycles. The third-order valence-corrected chi connectivity index (χ3v) is 2.92. The van der Waals surface area contributed by atoms with Crippen LogP contribution in [0, 0.1) is 0 Å². The molecule has 0 spiro atoms. The van der Waals surface area contributed by atoms with Crippen molar-refractivity contribution in [2.75, 3.05) is 26.6 Å². The second kappa shape index (κ2) is 4.96. The van der Waals surface area contributed by atoms with Gasteiger partial charge >= 0.3 is 0 Å². The summed E-state index contributed by atoms with van der Waals surface area (Å²) in [6.07, 6.45) is 0.903. The molecule has 0 atom stereocenters. The number of hydrogen-bond acceptors (Lipinski definition) is 6. The van der Waals surface area contributed by atoms with Crippen molar-refractivity contribution in [3.05, 3.63) is 17.7 Å². The van der Waals surface area contributed by atoms with Crippen molar-refractivity contribution >= 4 is 15.9 Å². The summed E-state index contributed by atoms with van der Waals surface area (Å²) in [4.78, 5) is 11.8. The number of rotatable bonds is 3. The van der Waals surface area contributed by atoms with Crippen molar-refractivity contribution in [2.45, 2.75) is 0 Å². The van der Waals surface area contributed by atoms with E-state index < -0.39 is 15.9 Å². The van der Waals surface area contributed by atoms with Crippen LogP contribution in [-0.2, 0) is 10.0 Å². The van der Waals surface area contributed by atoms with Crippen LogP contribution in [-0.4, -0.2) is 40.9 Å². The van der Waals surface area contributed by atoms with Crippen molar-refractivity contribution < 1.29 is 27.4 Å². The second-order valence-electron chi connectivity index (χ2n) is 3.91. The first-order chi connectivity index (χ1) is 8.90. The summed E-state index contributed by atoms with van der Waals surface area (Å²) in [7, 11) is -2.20. The van der Waals surface area contributed by atoms with E-state index in [1.54, 1.807) is 0 Å². The lowest BCUT2D eigenvalue weighted by atomic mass is 10.1. The van der Waals surface area contributed by atoms with Gasteiger partial charge in [-0.3, -0.25) is 4.79 Å². The zero-order chi connectivity index (χ0) is 14.0. The molecule has 1 N–H and O–H groups in total. The molecule has 1 aliphatic heterocycles. The van der Waals surface area contributed by atoms with Crippen molar-refractivity contribution in [3.63, 3.8) is 0 Å². The van der Waals surface area contributed by atoms with Crippen molar-refractivity contribution in [2.24, 2.45) is 0 Å². The average molecular weight is 287 g/mol. The second-order valence-corrected chi connectivity index (χ2v) is 5.65. The summed E-state index contributed by atoms with van der Waals surface area (Å²) in [6.45, 7) is 0.742. The quantitative estimate of drug-likeness (QED) is 0.851. The maximum absolute atomic E-state index is 11.8. The molecule has 0 saturated carbocycles. The molecular weight excluding hydrogens is 274 g/mol. The number of fused-ring (bicyclic) bond motifs is 1. The van der Waals surface area contributed by atoms with E-state index in [0.29, 0.717) is 30.5 Å². The van der Waals surface area contributed by atoms with E-state index in [2.05, 4.69) is 0 Å². The van der Waals surface area contributed by atoms with Crippen LogP contribution in [0.2, 0.25) is 0 Å². The van der Waals surface area contributed by atoms with E-state index in [4.69, 9.17) is 14.2 Å². The first-order valence-electron chi connectivity index (χ1n) is 5.40. The molecule has 0 fully saturated rings. The Morgan fingerprint density at radius 2 is 2.00 bits per heavy atom. The zero-order valence-corrected chi connectivity index (χ0v) is 11.2. The van der Waals surface area contributed by atoms with Crippen molar-refractivity contribution in [1.29, 1.82) is 0 Å². The van der Waals surface area contributed by atoms with Crippen LogP contribution in [0.25, 0.3) is 0 Å². The number of ether oxygens (including phenoxy) is 3. The highest BCUT2D eigenvalue weighted by molar-refractivity contribution is 7.89. The molecule has 0 saturated heterocycles. The minimum atomic E-state index is -3.62. The van der Waals surface area contributed by atoms with Gasteiger partial charge in [-0.05, 0) is 12.1 Å². The Morgan fingerprint density at radius 1 is 1.32 bits per heavy atom. The summed E-state index contributed by atoms with van der Waals surface area (Å²) in [6, 6.07) is 2.81. The smallest absolute Gasteiger partial charge is 0.264 e. The summed E-state index contributed by atoms with van der Waals surface area (Å²) in [5.74, 6) is 0.322. The third kappa shape index (κ3) is 3.08. The standard InChI is InChI=1S/C11H13NO6S/c1-16-8-5-7(11(13)12-19(2,14)15)6-9-10(8)18-4-3-17-9/h5-6H,3-4H2,1-2H3,(H,12,13). The molecule has 1 aliphatic rings. The fraction of sp³-hybridized carbons (Fsp3) is 0.364. The van der Waals surface area contributed by atoms with Crippen LogP contribution < -0.4 is 18.9 Å². The number of sulfonamides is 1. The van der Waals surface area contributed by atoms with Gasteiger partial charge in [-0.25, -0.2) is 13.1 Å². The number of hydrogen-bond donors (Lipinski definition) is 1. The summed E-state index contributed by atoms with van der Waals surface area (Å²) in [5, 5.41) is 0. The largest absolute Gasteiger partial charge is 0.493 e. The zero-order valence-electron chi connectivity index (χ0n) is 10.4. The van der Waals surface area contributed by atoms with Gasteiger partial charge in [-0.15, -0.1) is 0 Å². The molecule has 1 amide bonds. The molecule has 1 aromatic rings. The van der Waals surface area contributed by atoms with Gasteiger partial charge in [-0.1, -0.05) is 0 Å². The van der Waals surface area contributed by atoms with Crippen molar-refractivity contribution in [3.8, 4) is 17.2 Å². The number of amides is 1. The SMILES string of the molecule is COc1cc(C(=O)NS(C)(=O)=O)cc2c1OCCO2. The molecule has 0 bridgehead atoms. The first kappa shape index (κ1) is 13.5. The highest BCUT2D eigenvalue weighted by atomic mass is 32.2. The molecule has 0 aromatic heterocycles. The van der Waals surface area contributed by atoms with Crippen LogP contribution in [0.5, 0.6) is 17.2 Å². The molecule has 1 aromatic carbocycles. The van der Waals surface area contributed by atoms with Gasteiger partial charge in [0, 0.05) is 5.56 Å². The van der Waals surface area contributed by atoms with E-state index in [1.165, 1.54) is 19.2 Å². The normalized spacial score (nSPS) is 13.8. The summed E-state index contributed by atoms with van der Waals surface area (Å²) < 4.78 is 39.8. The number of nitrogens with one attached hydrogen (secondary N) is 1.